The zero-order valence-corrected chi connectivity index (χ0v) is 17.8. The van der Waals surface area contributed by atoms with Crippen molar-refractivity contribution in [3.63, 3.8) is 0 Å². The number of methoxy groups -OCH3 is 1. The van der Waals surface area contributed by atoms with E-state index in [0.29, 0.717) is 29.0 Å². The van der Waals surface area contributed by atoms with Crippen LogP contribution in [0.4, 0.5) is 11.4 Å². The normalized spacial score (nSPS) is 17.8. The van der Waals surface area contributed by atoms with Crippen LogP contribution in [0.25, 0.3) is 0 Å². The SMILES string of the molecule is COCCN1C(=O)C(CC(=O)Nc2cccc(Cl)c2C)SC1=Nc1ccccc1. The van der Waals surface area contributed by atoms with E-state index < -0.39 is 5.25 Å². The van der Waals surface area contributed by atoms with Gasteiger partial charge in [0.25, 0.3) is 0 Å². The summed E-state index contributed by atoms with van der Waals surface area (Å²) in [5.74, 6) is -0.381. The van der Waals surface area contributed by atoms with E-state index in [-0.39, 0.29) is 18.2 Å². The minimum atomic E-state index is -0.534. The van der Waals surface area contributed by atoms with Crippen LogP contribution in [0.1, 0.15) is 12.0 Å². The van der Waals surface area contributed by atoms with Crippen LogP contribution in [-0.4, -0.2) is 47.4 Å². The van der Waals surface area contributed by atoms with Gasteiger partial charge in [-0.25, -0.2) is 4.99 Å². The van der Waals surface area contributed by atoms with Gasteiger partial charge in [0.05, 0.1) is 18.8 Å². The second-order valence-electron chi connectivity index (χ2n) is 6.48. The molecule has 29 heavy (non-hydrogen) atoms. The van der Waals surface area contributed by atoms with Crippen molar-refractivity contribution in [3.8, 4) is 0 Å². The number of aliphatic imine (C=N–C) groups is 1. The van der Waals surface area contributed by atoms with Crippen molar-refractivity contribution < 1.29 is 14.3 Å². The molecule has 2 aromatic carbocycles. The Kier molecular flexibility index (Phi) is 7.30. The van der Waals surface area contributed by atoms with Crippen LogP contribution in [0.5, 0.6) is 0 Å². The van der Waals surface area contributed by atoms with E-state index in [2.05, 4.69) is 10.3 Å². The molecule has 2 aromatic rings. The van der Waals surface area contributed by atoms with Gasteiger partial charge in [-0.2, -0.15) is 0 Å². The van der Waals surface area contributed by atoms with Crippen LogP contribution in [0, 0.1) is 6.92 Å². The fourth-order valence-corrected chi connectivity index (χ4v) is 4.20. The lowest BCUT2D eigenvalue weighted by atomic mass is 10.2. The van der Waals surface area contributed by atoms with E-state index in [1.54, 1.807) is 30.2 Å². The highest BCUT2D eigenvalue weighted by atomic mass is 35.5. The second kappa shape index (κ2) is 9.91. The number of benzene rings is 2. The number of carbonyl (C=O) groups excluding carboxylic acids is 2. The van der Waals surface area contributed by atoms with Gasteiger partial charge < -0.3 is 10.1 Å². The minimum absolute atomic E-state index is 0.0484. The summed E-state index contributed by atoms with van der Waals surface area (Å²) in [5.41, 5.74) is 2.19. The standard InChI is InChI=1S/C21H22ClN3O3S/c1-14-16(22)9-6-10-17(14)24-19(26)13-18-20(27)25(11-12-28-2)21(29-18)23-15-7-4-3-5-8-15/h3-10,18H,11-13H2,1-2H3,(H,24,26). The number of ether oxygens (including phenoxy) is 1. The first-order valence-corrected chi connectivity index (χ1v) is 10.4. The lowest BCUT2D eigenvalue weighted by Crippen LogP contribution is -2.35. The number of nitrogens with zero attached hydrogens (tertiary/aromatic N) is 2. The number of nitrogens with one attached hydrogen (secondary N) is 1. The van der Waals surface area contributed by atoms with Crippen molar-refractivity contribution in [1.29, 1.82) is 0 Å². The summed E-state index contributed by atoms with van der Waals surface area (Å²) < 4.78 is 5.12. The number of para-hydroxylation sites is 1. The highest BCUT2D eigenvalue weighted by molar-refractivity contribution is 8.15. The van der Waals surface area contributed by atoms with Crippen molar-refractivity contribution in [3.05, 3.63) is 59.1 Å². The molecule has 0 spiro atoms. The van der Waals surface area contributed by atoms with E-state index in [1.807, 2.05) is 37.3 Å². The molecular weight excluding hydrogens is 410 g/mol. The first-order valence-electron chi connectivity index (χ1n) is 9.15. The molecule has 3 rings (SSSR count). The highest BCUT2D eigenvalue weighted by Gasteiger charge is 2.39. The Morgan fingerprint density at radius 3 is 2.72 bits per heavy atom. The summed E-state index contributed by atoms with van der Waals surface area (Å²) in [6.07, 6.45) is 0.0484. The molecule has 1 unspecified atom stereocenters. The van der Waals surface area contributed by atoms with Crippen molar-refractivity contribution >= 4 is 51.7 Å². The molecular formula is C21H22ClN3O3S. The average molecular weight is 432 g/mol. The molecule has 0 bridgehead atoms. The Morgan fingerprint density at radius 1 is 1.24 bits per heavy atom. The monoisotopic (exact) mass is 431 g/mol. The zero-order valence-electron chi connectivity index (χ0n) is 16.2. The third kappa shape index (κ3) is 5.38. The van der Waals surface area contributed by atoms with Gasteiger partial charge in [0, 0.05) is 24.2 Å². The van der Waals surface area contributed by atoms with Gasteiger partial charge in [-0.05, 0) is 36.8 Å². The van der Waals surface area contributed by atoms with E-state index in [1.165, 1.54) is 11.8 Å². The summed E-state index contributed by atoms with van der Waals surface area (Å²) in [6, 6.07) is 14.8. The van der Waals surface area contributed by atoms with Gasteiger partial charge in [-0.3, -0.25) is 14.5 Å². The van der Waals surface area contributed by atoms with Gasteiger partial charge in [0.1, 0.15) is 5.25 Å². The third-order valence-corrected chi connectivity index (χ3v) is 6.02. The van der Waals surface area contributed by atoms with E-state index in [4.69, 9.17) is 16.3 Å². The first-order chi connectivity index (χ1) is 14.0. The molecule has 152 valence electrons. The van der Waals surface area contributed by atoms with Crippen LogP contribution in [0.2, 0.25) is 5.02 Å². The molecule has 1 aliphatic heterocycles. The molecule has 1 saturated heterocycles. The molecule has 6 nitrogen and oxygen atoms in total. The number of carbonyl (C=O) groups is 2. The topological polar surface area (TPSA) is 71.0 Å². The Morgan fingerprint density at radius 2 is 2.00 bits per heavy atom. The molecule has 0 saturated carbocycles. The van der Waals surface area contributed by atoms with Crippen LogP contribution in [-0.2, 0) is 14.3 Å². The van der Waals surface area contributed by atoms with Gasteiger partial charge in [0.15, 0.2) is 5.17 Å². The fourth-order valence-electron chi connectivity index (χ4n) is 2.84. The predicted molar refractivity (Wildman–Crippen MR) is 118 cm³/mol. The van der Waals surface area contributed by atoms with Crippen LogP contribution >= 0.6 is 23.4 Å². The maximum Gasteiger partial charge on any atom is 0.242 e. The summed E-state index contributed by atoms with van der Waals surface area (Å²) in [4.78, 5) is 31.6. The van der Waals surface area contributed by atoms with Gasteiger partial charge in [0.2, 0.25) is 11.8 Å². The quantitative estimate of drug-likeness (QED) is 0.711. The average Bonchev–Trinajstić information content (AvgIpc) is 2.99. The molecule has 1 aliphatic rings. The number of halogens is 1. The molecule has 2 amide bonds. The Balaban J connectivity index is 1.73. The maximum absolute atomic E-state index is 12.9. The molecule has 0 aliphatic carbocycles. The molecule has 8 heteroatoms. The number of amides is 2. The van der Waals surface area contributed by atoms with Crippen molar-refractivity contribution in [2.24, 2.45) is 4.99 Å². The number of amidine groups is 1. The molecule has 0 radical (unpaired) electrons. The summed E-state index contributed by atoms with van der Waals surface area (Å²) in [6.45, 7) is 2.62. The predicted octanol–water partition coefficient (Wildman–Crippen LogP) is 4.26. The highest BCUT2D eigenvalue weighted by Crippen LogP contribution is 2.32. The first kappa shape index (κ1) is 21.4. The largest absolute Gasteiger partial charge is 0.383 e. The summed E-state index contributed by atoms with van der Waals surface area (Å²) >= 11 is 7.41. The number of anilines is 1. The molecule has 1 N–H and O–H groups in total. The number of hydrogen-bond donors (Lipinski definition) is 1. The second-order valence-corrected chi connectivity index (χ2v) is 8.06. The van der Waals surface area contributed by atoms with Gasteiger partial charge in [-0.15, -0.1) is 0 Å². The fraction of sp³-hybridized carbons (Fsp3) is 0.286. The van der Waals surface area contributed by atoms with Crippen LogP contribution in [0.3, 0.4) is 0 Å². The van der Waals surface area contributed by atoms with Crippen LogP contribution < -0.4 is 5.32 Å². The Hall–Kier alpha value is -2.35. The summed E-state index contributed by atoms with van der Waals surface area (Å²) in [7, 11) is 1.58. The van der Waals surface area contributed by atoms with Crippen molar-refractivity contribution in [2.45, 2.75) is 18.6 Å². The van der Waals surface area contributed by atoms with E-state index in [9.17, 15) is 9.59 Å². The zero-order chi connectivity index (χ0) is 20.8. The maximum atomic E-state index is 12.9. The third-order valence-electron chi connectivity index (χ3n) is 4.43. The van der Waals surface area contributed by atoms with Gasteiger partial charge >= 0.3 is 0 Å². The molecule has 1 atom stereocenters. The lowest BCUT2D eigenvalue weighted by molar-refractivity contribution is -0.128. The smallest absolute Gasteiger partial charge is 0.242 e. The number of thioether (sulfide) groups is 1. The number of hydrogen-bond acceptors (Lipinski definition) is 5. The van der Waals surface area contributed by atoms with Crippen molar-refractivity contribution in [2.75, 3.05) is 25.6 Å². The minimum Gasteiger partial charge on any atom is -0.383 e. The molecule has 1 fully saturated rings. The summed E-state index contributed by atoms with van der Waals surface area (Å²) in [5, 5.41) is 3.47. The number of rotatable bonds is 7. The molecule has 1 heterocycles. The molecule has 0 aromatic heterocycles. The Bertz CT molecular complexity index is 921. The van der Waals surface area contributed by atoms with Crippen LogP contribution in [0.15, 0.2) is 53.5 Å². The van der Waals surface area contributed by atoms with Crippen molar-refractivity contribution in [1.82, 2.24) is 4.90 Å². The van der Waals surface area contributed by atoms with E-state index in [0.717, 1.165) is 11.3 Å². The van der Waals surface area contributed by atoms with Gasteiger partial charge in [-0.1, -0.05) is 47.6 Å². The Labute approximate surface area is 179 Å². The lowest BCUT2D eigenvalue weighted by Gasteiger charge is -2.15. The van der Waals surface area contributed by atoms with E-state index >= 15 is 0 Å².